The second-order valence-electron chi connectivity index (χ2n) is 3.55. The summed E-state index contributed by atoms with van der Waals surface area (Å²) < 4.78 is 37.6. The van der Waals surface area contributed by atoms with Crippen molar-refractivity contribution in [1.29, 1.82) is 0 Å². The van der Waals surface area contributed by atoms with E-state index in [4.69, 9.17) is 5.73 Å². The summed E-state index contributed by atoms with van der Waals surface area (Å²) >= 11 is 0. The van der Waals surface area contributed by atoms with E-state index in [0.717, 1.165) is 12.1 Å². The first-order chi connectivity index (χ1) is 8.02. The van der Waals surface area contributed by atoms with E-state index >= 15 is 0 Å². The summed E-state index contributed by atoms with van der Waals surface area (Å²) in [6, 6.07) is 5.05. The minimum Gasteiger partial charge on any atom is -0.326 e. The Bertz CT molecular complexity index is 517. The van der Waals surface area contributed by atoms with E-state index in [9.17, 15) is 13.2 Å². The Hall–Kier alpha value is -1.82. The molecule has 0 radical (unpaired) electrons. The van der Waals surface area contributed by atoms with Gasteiger partial charge in [-0.25, -0.2) is 0 Å². The van der Waals surface area contributed by atoms with Crippen LogP contribution in [-0.4, -0.2) is 10.2 Å². The van der Waals surface area contributed by atoms with Gasteiger partial charge in [0.15, 0.2) is 0 Å². The number of rotatable bonds is 2. The van der Waals surface area contributed by atoms with Crippen LogP contribution in [0.1, 0.15) is 11.1 Å². The quantitative estimate of drug-likeness (QED) is 0.848. The summed E-state index contributed by atoms with van der Waals surface area (Å²) in [5.41, 5.74) is 6.43. The lowest BCUT2D eigenvalue weighted by molar-refractivity contribution is -0.137. The summed E-state index contributed by atoms with van der Waals surface area (Å²) in [5, 5.41) is 6.43. The number of alkyl halides is 3. The van der Waals surface area contributed by atoms with E-state index in [1.54, 1.807) is 6.07 Å². The van der Waals surface area contributed by atoms with Gasteiger partial charge in [-0.15, -0.1) is 0 Å². The van der Waals surface area contributed by atoms with E-state index in [0.29, 0.717) is 16.8 Å². The van der Waals surface area contributed by atoms with Crippen LogP contribution < -0.4 is 5.73 Å². The molecule has 90 valence electrons. The van der Waals surface area contributed by atoms with Crippen LogP contribution in [0.4, 0.5) is 13.2 Å². The minimum absolute atomic E-state index is 0.224. The fourth-order valence-corrected chi connectivity index (χ4v) is 1.57. The van der Waals surface area contributed by atoms with Crippen molar-refractivity contribution in [2.45, 2.75) is 12.7 Å². The SMILES string of the molecule is NCc1cn[nH]c1-c1cccc(C(F)(F)F)c1. The van der Waals surface area contributed by atoms with Gasteiger partial charge in [-0.3, -0.25) is 5.10 Å². The third kappa shape index (κ3) is 2.31. The van der Waals surface area contributed by atoms with Crippen molar-refractivity contribution in [1.82, 2.24) is 10.2 Å². The fourth-order valence-electron chi connectivity index (χ4n) is 1.57. The van der Waals surface area contributed by atoms with E-state index in [-0.39, 0.29) is 6.54 Å². The smallest absolute Gasteiger partial charge is 0.326 e. The summed E-state index contributed by atoms with van der Waals surface area (Å²) in [6.07, 6.45) is -2.84. The molecule has 0 atom stereocenters. The van der Waals surface area contributed by atoms with Crippen LogP contribution in [0.15, 0.2) is 30.5 Å². The van der Waals surface area contributed by atoms with Gasteiger partial charge >= 0.3 is 6.18 Å². The highest BCUT2D eigenvalue weighted by molar-refractivity contribution is 5.63. The zero-order valence-corrected chi connectivity index (χ0v) is 8.75. The molecule has 3 N–H and O–H groups in total. The van der Waals surface area contributed by atoms with Crippen LogP contribution in [0.3, 0.4) is 0 Å². The monoisotopic (exact) mass is 241 g/mol. The van der Waals surface area contributed by atoms with Gasteiger partial charge in [0, 0.05) is 17.7 Å². The van der Waals surface area contributed by atoms with Crippen LogP contribution >= 0.6 is 0 Å². The second-order valence-corrected chi connectivity index (χ2v) is 3.55. The third-order valence-electron chi connectivity index (χ3n) is 2.42. The number of aromatic nitrogens is 2. The maximum absolute atomic E-state index is 12.5. The number of benzene rings is 1. The molecule has 0 bridgehead atoms. The van der Waals surface area contributed by atoms with Crippen molar-refractivity contribution in [2.75, 3.05) is 0 Å². The molecule has 0 amide bonds. The van der Waals surface area contributed by atoms with Crippen LogP contribution in [-0.2, 0) is 12.7 Å². The molecule has 1 heterocycles. The topological polar surface area (TPSA) is 54.7 Å². The Morgan fingerprint density at radius 3 is 2.71 bits per heavy atom. The van der Waals surface area contributed by atoms with Gasteiger partial charge in [-0.1, -0.05) is 12.1 Å². The highest BCUT2D eigenvalue weighted by Gasteiger charge is 2.30. The summed E-state index contributed by atoms with van der Waals surface area (Å²) in [7, 11) is 0. The Morgan fingerprint density at radius 1 is 1.29 bits per heavy atom. The molecule has 1 aromatic heterocycles. The average Bonchev–Trinajstić information content (AvgIpc) is 2.76. The number of aromatic amines is 1. The van der Waals surface area contributed by atoms with Crippen molar-refractivity contribution in [2.24, 2.45) is 5.73 Å². The number of H-pyrrole nitrogens is 1. The molecule has 6 heteroatoms. The molecule has 17 heavy (non-hydrogen) atoms. The van der Waals surface area contributed by atoms with Crippen molar-refractivity contribution < 1.29 is 13.2 Å². The average molecular weight is 241 g/mol. The Labute approximate surface area is 95.5 Å². The Kier molecular flexibility index (Phi) is 2.89. The molecule has 0 aliphatic rings. The van der Waals surface area contributed by atoms with Crippen molar-refractivity contribution in [3.05, 3.63) is 41.6 Å². The maximum atomic E-state index is 12.5. The first-order valence-corrected chi connectivity index (χ1v) is 4.92. The Balaban J connectivity index is 2.47. The van der Waals surface area contributed by atoms with E-state index in [2.05, 4.69) is 10.2 Å². The fraction of sp³-hybridized carbons (Fsp3) is 0.182. The molecule has 0 aliphatic carbocycles. The summed E-state index contributed by atoms with van der Waals surface area (Å²) in [4.78, 5) is 0. The largest absolute Gasteiger partial charge is 0.416 e. The Morgan fingerprint density at radius 2 is 2.06 bits per heavy atom. The lowest BCUT2D eigenvalue weighted by Crippen LogP contribution is -2.05. The van der Waals surface area contributed by atoms with Crippen LogP contribution in [0.2, 0.25) is 0 Å². The lowest BCUT2D eigenvalue weighted by atomic mass is 10.1. The van der Waals surface area contributed by atoms with Gasteiger partial charge in [-0.05, 0) is 12.1 Å². The summed E-state index contributed by atoms with van der Waals surface area (Å²) in [6.45, 7) is 0.224. The normalized spacial score (nSPS) is 11.8. The van der Waals surface area contributed by atoms with Gasteiger partial charge in [0.2, 0.25) is 0 Å². The van der Waals surface area contributed by atoms with Crippen molar-refractivity contribution in [3.63, 3.8) is 0 Å². The van der Waals surface area contributed by atoms with Crippen LogP contribution in [0.25, 0.3) is 11.3 Å². The number of nitrogens with one attached hydrogen (secondary N) is 1. The predicted octanol–water partition coefficient (Wildman–Crippen LogP) is 2.55. The molecular weight excluding hydrogens is 231 g/mol. The van der Waals surface area contributed by atoms with E-state index in [1.165, 1.54) is 12.3 Å². The first kappa shape index (κ1) is 11.7. The molecule has 3 nitrogen and oxygen atoms in total. The molecular formula is C11H10F3N3. The van der Waals surface area contributed by atoms with Crippen LogP contribution in [0.5, 0.6) is 0 Å². The zero-order valence-electron chi connectivity index (χ0n) is 8.75. The zero-order chi connectivity index (χ0) is 12.5. The van der Waals surface area contributed by atoms with Crippen molar-refractivity contribution in [3.8, 4) is 11.3 Å². The molecule has 0 spiro atoms. The highest BCUT2D eigenvalue weighted by atomic mass is 19.4. The molecule has 2 aromatic rings. The standard InChI is InChI=1S/C11H10F3N3/c12-11(13,14)9-3-1-2-7(4-9)10-8(5-15)6-16-17-10/h1-4,6H,5,15H2,(H,16,17). The number of hydrogen-bond donors (Lipinski definition) is 2. The molecule has 0 fully saturated rings. The molecule has 0 unspecified atom stereocenters. The van der Waals surface area contributed by atoms with E-state index < -0.39 is 11.7 Å². The molecule has 0 saturated heterocycles. The predicted molar refractivity (Wildman–Crippen MR) is 56.9 cm³/mol. The third-order valence-corrected chi connectivity index (χ3v) is 2.42. The van der Waals surface area contributed by atoms with Gasteiger partial charge < -0.3 is 5.73 Å². The molecule has 0 saturated carbocycles. The maximum Gasteiger partial charge on any atom is 0.416 e. The van der Waals surface area contributed by atoms with E-state index in [1.807, 2.05) is 0 Å². The number of nitrogens with two attached hydrogens (primary N) is 1. The first-order valence-electron chi connectivity index (χ1n) is 4.92. The number of halogens is 3. The molecule has 2 rings (SSSR count). The van der Waals surface area contributed by atoms with Crippen LogP contribution in [0, 0.1) is 0 Å². The van der Waals surface area contributed by atoms with Gasteiger partial charge in [-0.2, -0.15) is 18.3 Å². The highest BCUT2D eigenvalue weighted by Crippen LogP contribution is 2.32. The number of nitrogens with zero attached hydrogens (tertiary/aromatic N) is 1. The van der Waals surface area contributed by atoms with Gasteiger partial charge in [0.1, 0.15) is 0 Å². The molecule has 1 aromatic carbocycles. The molecule has 0 aliphatic heterocycles. The summed E-state index contributed by atoms with van der Waals surface area (Å²) in [5.74, 6) is 0. The second kappa shape index (κ2) is 4.21. The lowest BCUT2D eigenvalue weighted by Gasteiger charge is -2.08. The van der Waals surface area contributed by atoms with Gasteiger partial charge in [0.25, 0.3) is 0 Å². The minimum atomic E-state index is -4.35. The van der Waals surface area contributed by atoms with Crippen molar-refractivity contribution >= 4 is 0 Å². The van der Waals surface area contributed by atoms with Gasteiger partial charge in [0.05, 0.1) is 17.5 Å². The number of hydrogen-bond acceptors (Lipinski definition) is 2.